The van der Waals surface area contributed by atoms with Crippen molar-refractivity contribution in [3.8, 4) is 0 Å². The van der Waals surface area contributed by atoms with Gasteiger partial charge in [0.05, 0.1) is 25.9 Å². The van der Waals surface area contributed by atoms with Crippen molar-refractivity contribution >= 4 is 5.91 Å². The normalized spacial score (nSPS) is 20.3. The Kier molecular flexibility index (Phi) is 5.76. The van der Waals surface area contributed by atoms with Gasteiger partial charge in [0.15, 0.2) is 6.10 Å². The van der Waals surface area contributed by atoms with Crippen molar-refractivity contribution < 1.29 is 14.3 Å². The molecule has 0 bridgehead atoms. The first-order chi connectivity index (χ1) is 10.1. The van der Waals surface area contributed by atoms with Gasteiger partial charge in [-0.05, 0) is 23.5 Å². The highest BCUT2D eigenvalue weighted by Gasteiger charge is 2.26. The summed E-state index contributed by atoms with van der Waals surface area (Å²) in [5.74, 6) is 0.221. The molecule has 1 aliphatic rings. The maximum atomic E-state index is 12.3. The molecule has 0 spiro atoms. The number of hydrogen-bond donors (Lipinski definition) is 1. The van der Waals surface area contributed by atoms with E-state index in [0.717, 1.165) is 12.0 Å². The zero-order chi connectivity index (χ0) is 15.2. The third kappa shape index (κ3) is 4.29. The van der Waals surface area contributed by atoms with Crippen molar-refractivity contribution in [1.82, 2.24) is 5.32 Å². The molecule has 1 fully saturated rings. The molecule has 2 rings (SSSR count). The van der Waals surface area contributed by atoms with Crippen LogP contribution in [0.1, 0.15) is 37.9 Å². The molecule has 2 atom stereocenters. The second-order valence-corrected chi connectivity index (χ2v) is 5.76. The number of rotatable bonds is 5. The van der Waals surface area contributed by atoms with E-state index < -0.39 is 6.10 Å². The van der Waals surface area contributed by atoms with Gasteiger partial charge in [-0.15, -0.1) is 0 Å². The Balaban J connectivity index is 2.05. The Hall–Kier alpha value is -1.39. The van der Waals surface area contributed by atoms with Crippen molar-refractivity contribution in [3.63, 3.8) is 0 Å². The fraction of sp³-hybridized carbons (Fsp3) is 0.588. The van der Waals surface area contributed by atoms with Gasteiger partial charge in [-0.1, -0.05) is 45.0 Å². The molecule has 1 aromatic rings. The Morgan fingerprint density at radius 1 is 1.29 bits per heavy atom. The molecular formula is C17H25NO3. The summed E-state index contributed by atoms with van der Waals surface area (Å²) in [4.78, 5) is 12.3. The fourth-order valence-electron chi connectivity index (χ4n) is 2.48. The number of nitrogens with one attached hydrogen (secondary N) is 1. The molecule has 1 heterocycles. The van der Waals surface area contributed by atoms with Gasteiger partial charge >= 0.3 is 0 Å². The highest BCUT2D eigenvalue weighted by molar-refractivity contribution is 5.81. The molecular weight excluding hydrogens is 266 g/mol. The first-order valence-corrected chi connectivity index (χ1v) is 7.70. The molecule has 1 N–H and O–H groups in total. The third-order valence-electron chi connectivity index (χ3n) is 3.82. The van der Waals surface area contributed by atoms with Crippen molar-refractivity contribution in [2.75, 3.05) is 19.8 Å². The number of carbonyl (C=O) groups excluding carboxylic acids is 1. The predicted molar refractivity (Wildman–Crippen MR) is 82.1 cm³/mol. The monoisotopic (exact) mass is 291 g/mol. The van der Waals surface area contributed by atoms with Crippen LogP contribution in [0.15, 0.2) is 24.3 Å². The lowest BCUT2D eigenvalue weighted by atomic mass is 9.94. The van der Waals surface area contributed by atoms with Gasteiger partial charge in [-0.25, -0.2) is 0 Å². The standard InChI is InChI=1S/C17H25NO3/c1-4-13-5-7-14(8-6-13)16(12(2)3)18-17(19)15-11-20-9-10-21-15/h5-8,12,15-16H,4,9-11H2,1-3H3,(H,18,19). The van der Waals surface area contributed by atoms with Crippen LogP contribution < -0.4 is 5.32 Å². The minimum absolute atomic E-state index is 0.00562. The van der Waals surface area contributed by atoms with Crippen molar-refractivity contribution in [2.24, 2.45) is 5.92 Å². The second-order valence-electron chi connectivity index (χ2n) is 5.76. The predicted octanol–water partition coefficient (Wildman–Crippen LogP) is 2.48. The largest absolute Gasteiger partial charge is 0.376 e. The molecule has 1 aliphatic heterocycles. The van der Waals surface area contributed by atoms with E-state index in [9.17, 15) is 4.79 Å². The molecule has 4 heteroatoms. The number of amides is 1. The van der Waals surface area contributed by atoms with Crippen LogP contribution in [0.5, 0.6) is 0 Å². The van der Waals surface area contributed by atoms with Crippen LogP contribution in [0.25, 0.3) is 0 Å². The zero-order valence-corrected chi connectivity index (χ0v) is 13.1. The van der Waals surface area contributed by atoms with Crippen molar-refractivity contribution in [3.05, 3.63) is 35.4 Å². The second kappa shape index (κ2) is 7.57. The first-order valence-electron chi connectivity index (χ1n) is 7.70. The third-order valence-corrected chi connectivity index (χ3v) is 3.82. The summed E-state index contributed by atoms with van der Waals surface area (Å²) in [5.41, 5.74) is 2.43. The number of ether oxygens (including phenoxy) is 2. The van der Waals surface area contributed by atoms with Crippen LogP contribution in [0.3, 0.4) is 0 Å². The molecule has 0 aliphatic carbocycles. The molecule has 116 valence electrons. The Bertz CT molecular complexity index is 450. The van der Waals surface area contributed by atoms with Crippen LogP contribution in [0, 0.1) is 5.92 Å². The van der Waals surface area contributed by atoms with Gasteiger partial charge in [0, 0.05) is 0 Å². The summed E-state index contributed by atoms with van der Waals surface area (Å²) in [5, 5.41) is 3.10. The number of benzene rings is 1. The highest BCUT2D eigenvalue weighted by atomic mass is 16.6. The molecule has 4 nitrogen and oxygen atoms in total. The summed E-state index contributed by atoms with van der Waals surface area (Å²) in [6.07, 6.45) is 0.529. The van der Waals surface area contributed by atoms with Crippen LogP contribution in [-0.4, -0.2) is 31.8 Å². The topological polar surface area (TPSA) is 47.6 Å². The molecule has 21 heavy (non-hydrogen) atoms. The number of hydrogen-bond acceptors (Lipinski definition) is 3. The van der Waals surface area contributed by atoms with Crippen LogP contribution in [0.4, 0.5) is 0 Å². The minimum atomic E-state index is -0.491. The van der Waals surface area contributed by atoms with Crippen LogP contribution >= 0.6 is 0 Å². The van der Waals surface area contributed by atoms with Gasteiger partial charge in [0.2, 0.25) is 0 Å². The van der Waals surface area contributed by atoms with E-state index in [1.807, 2.05) is 0 Å². The van der Waals surface area contributed by atoms with E-state index in [4.69, 9.17) is 9.47 Å². The zero-order valence-electron chi connectivity index (χ0n) is 13.1. The summed E-state index contributed by atoms with van der Waals surface area (Å²) < 4.78 is 10.8. The van der Waals surface area contributed by atoms with E-state index in [1.165, 1.54) is 5.56 Å². The van der Waals surface area contributed by atoms with E-state index in [2.05, 4.69) is 50.4 Å². The summed E-state index contributed by atoms with van der Waals surface area (Å²) >= 11 is 0. The van der Waals surface area contributed by atoms with Gasteiger partial charge in [-0.3, -0.25) is 4.79 Å². The lowest BCUT2D eigenvalue weighted by Gasteiger charge is -2.27. The van der Waals surface area contributed by atoms with Gasteiger partial charge in [0.1, 0.15) is 0 Å². The molecule has 0 saturated carbocycles. The SMILES string of the molecule is CCc1ccc(C(NC(=O)C2COCCO2)C(C)C)cc1. The minimum Gasteiger partial charge on any atom is -0.376 e. The Morgan fingerprint density at radius 3 is 2.52 bits per heavy atom. The van der Waals surface area contributed by atoms with E-state index in [0.29, 0.717) is 25.7 Å². The van der Waals surface area contributed by atoms with E-state index >= 15 is 0 Å². The molecule has 1 amide bonds. The average Bonchev–Trinajstić information content (AvgIpc) is 2.53. The maximum Gasteiger partial charge on any atom is 0.252 e. The Morgan fingerprint density at radius 2 is 2.00 bits per heavy atom. The van der Waals surface area contributed by atoms with E-state index in [1.54, 1.807) is 0 Å². The van der Waals surface area contributed by atoms with Crippen molar-refractivity contribution in [2.45, 2.75) is 39.3 Å². The Labute approximate surface area is 126 Å². The molecule has 1 saturated heterocycles. The maximum absolute atomic E-state index is 12.3. The quantitative estimate of drug-likeness (QED) is 0.906. The molecule has 0 aromatic heterocycles. The van der Waals surface area contributed by atoms with Crippen LogP contribution in [0.2, 0.25) is 0 Å². The van der Waals surface area contributed by atoms with E-state index in [-0.39, 0.29) is 11.9 Å². The highest BCUT2D eigenvalue weighted by Crippen LogP contribution is 2.22. The molecule has 2 unspecified atom stereocenters. The molecule has 0 radical (unpaired) electrons. The number of carbonyl (C=O) groups is 1. The average molecular weight is 291 g/mol. The summed E-state index contributed by atoms with van der Waals surface area (Å²) in [6.45, 7) is 7.74. The summed E-state index contributed by atoms with van der Waals surface area (Å²) in [7, 11) is 0. The fourth-order valence-corrected chi connectivity index (χ4v) is 2.48. The van der Waals surface area contributed by atoms with Crippen LogP contribution in [-0.2, 0) is 20.7 Å². The summed E-state index contributed by atoms with van der Waals surface area (Å²) in [6, 6.07) is 8.44. The van der Waals surface area contributed by atoms with Gasteiger partial charge in [-0.2, -0.15) is 0 Å². The lowest BCUT2D eigenvalue weighted by molar-refractivity contribution is -0.148. The smallest absolute Gasteiger partial charge is 0.252 e. The van der Waals surface area contributed by atoms with Crippen molar-refractivity contribution in [1.29, 1.82) is 0 Å². The lowest BCUT2D eigenvalue weighted by Crippen LogP contribution is -2.45. The van der Waals surface area contributed by atoms with Gasteiger partial charge in [0.25, 0.3) is 5.91 Å². The first kappa shape index (κ1) is 16.0. The van der Waals surface area contributed by atoms with Gasteiger partial charge < -0.3 is 14.8 Å². The number of aryl methyl sites for hydroxylation is 1. The molecule has 1 aromatic carbocycles.